The van der Waals surface area contributed by atoms with Gasteiger partial charge in [-0.15, -0.1) is 0 Å². The molecule has 1 aliphatic rings. The lowest BCUT2D eigenvalue weighted by molar-refractivity contribution is -0.123. The number of carbonyl (C=O) groups is 2. The van der Waals surface area contributed by atoms with Crippen LogP contribution < -0.4 is 15.4 Å². The monoisotopic (exact) mass is 448 g/mol. The first-order valence-corrected chi connectivity index (χ1v) is 11.6. The van der Waals surface area contributed by atoms with Gasteiger partial charge in [-0.2, -0.15) is 17.0 Å². The number of carbonyl (C=O) groups excluding carboxylic acids is 2. The van der Waals surface area contributed by atoms with E-state index in [0.29, 0.717) is 38.5 Å². The van der Waals surface area contributed by atoms with Gasteiger partial charge in [-0.05, 0) is 30.0 Å². The zero-order valence-electron chi connectivity index (χ0n) is 18.4. The Bertz CT molecular complexity index is 745. The first kappa shape index (κ1) is 24.8. The Morgan fingerprint density at radius 1 is 1.23 bits per heavy atom. The highest BCUT2D eigenvalue weighted by molar-refractivity contribution is 7.98. The number of rotatable bonds is 10. The summed E-state index contributed by atoms with van der Waals surface area (Å²) in [5, 5.41) is 15.1. The van der Waals surface area contributed by atoms with Crippen LogP contribution in [0.5, 0.6) is 5.75 Å². The predicted octanol–water partition coefficient (Wildman–Crippen LogP) is 2.39. The standard InChI is InChI=1S/C22H32N4O4S/c1-16(2)12-20(25-22(28)26-8-10-30-11-9-26)21(27)24-18(13-23)15-31-14-17-4-6-19(29-3)7-5-17/h4-7,16,18,20H,8-12,14-15H2,1-3H3,(H,24,27)(H,25,28)/t18-,20+/m1/s1. The Hall–Kier alpha value is -2.44. The van der Waals surface area contributed by atoms with Crippen LogP contribution in [0.1, 0.15) is 25.8 Å². The number of nitriles is 1. The average Bonchev–Trinajstić information content (AvgIpc) is 2.78. The molecule has 0 spiro atoms. The third kappa shape index (κ3) is 8.67. The maximum Gasteiger partial charge on any atom is 0.318 e. The van der Waals surface area contributed by atoms with Crippen LogP contribution >= 0.6 is 11.8 Å². The van der Waals surface area contributed by atoms with Gasteiger partial charge in [-0.1, -0.05) is 26.0 Å². The average molecular weight is 449 g/mol. The van der Waals surface area contributed by atoms with Gasteiger partial charge in [0.1, 0.15) is 17.8 Å². The number of hydrogen-bond acceptors (Lipinski definition) is 6. The number of amides is 3. The fraction of sp³-hybridized carbons (Fsp3) is 0.591. The van der Waals surface area contributed by atoms with Gasteiger partial charge in [-0.25, -0.2) is 4.79 Å². The van der Waals surface area contributed by atoms with Crippen molar-refractivity contribution in [3.8, 4) is 11.8 Å². The van der Waals surface area contributed by atoms with Gasteiger partial charge in [-0.3, -0.25) is 4.79 Å². The summed E-state index contributed by atoms with van der Waals surface area (Å²) in [4.78, 5) is 27.0. The molecule has 8 nitrogen and oxygen atoms in total. The number of hydrogen-bond donors (Lipinski definition) is 2. The lowest BCUT2D eigenvalue weighted by Gasteiger charge is -2.29. The molecule has 9 heteroatoms. The van der Waals surface area contributed by atoms with Crippen LogP contribution in [0.4, 0.5) is 4.79 Å². The highest BCUT2D eigenvalue weighted by Crippen LogP contribution is 2.17. The van der Waals surface area contributed by atoms with Crippen molar-refractivity contribution in [2.45, 2.75) is 38.1 Å². The van der Waals surface area contributed by atoms with Crippen LogP contribution in [0, 0.1) is 17.2 Å². The van der Waals surface area contributed by atoms with Crippen LogP contribution in [0.25, 0.3) is 0 Å². The molecule has 2 atom stereocenters. The summed E-state index contributed by atoms with van der Waals surface area (Å²) in [5.74, 6) is 1.87. The summed E-state index contributed by atoms with van der Waals surface area (Å²) in [6.45, 7) is 5.99. The molecule has 1 aliphatic heterocycles. The van der Waals surface area contributed by atoms with Crippen molar-refractivity contribution in [2.75, 3.05) is 39.2 Å². The minimum atomic E-state index is -0.683. The number of methoxy groups -OCH3 is 1. The molecule has 0 bridgehead atoms. The van der Waals surface area contributed by atoms with Crippen molar-refractivity contribution in [3.05, 3.63) is 29.8 Å². The number of ether oxygens (including phenoxy) is 2. The lowest BCUT2D eigenvalue weighted by Crippen LogP contribution is -2.55. The van der Waals surface area contributed by atoms with Gasteiger partial charge in [0.25, 0.3) is 0 Å². The molecule has 0 radical (unpaired) electrons. The number of nitrogens with one attached hydrogen (secondary N) is 2. The van der Waals surface area contributed by atoms with E-state index in [2.05, 4.69) is 16.7 Å². The Balaban J connectivity index is 1.86. The largest absolute Gasteiger partial charge is 0.497 e. The van der Waals surface area contributed by atoms with E-state index in [0.717, 1.165) is 17.1 Å². The highest BCUT2D eigenvalue weighted by Gasteiger charge is 2.27. The van der Waals surface area contributed by atoms with Crippen LogP contribution in [0.3, 0.4) is 0 Å². The topological polar surface area (TPSA) is 104 Å². The quantitative estimate of drug-likeness (QED) is 0.570. The van der Waals surface area contributed by atoms with Crippen LogP contribution in [-0.4, -0.2) is 68.1 Å². The zero-order chi connectivity index (χ0) is 22.6. The molecule has 1 heterocycles. The van der Waals surface area contributed by atoms with Gasteiger partial charge < -0.3 is 25.0 Å². The second-order valence-electron chi connectivity index (χ2n) is 7.78. The normalized spacial score (nSPS) is 15.6. The molecule has 1 aromatic carbocycles. The second-order valence-corrected chi connectivity index (χ2v) is 8.81. The molecule has 0 saturated carbocycles. The molecule has 0 aliphatic carbocycles. The zero-order valence-corrected chi connectivity index (χ0v) is 19.2. The Kier molecular flexibility index (Phi) is 10.5. The van der Waals surface area contributed by atoms with E-state index in [4.69, 9.17) is 9.47 Å². The summed E-state index contributed by atoms with van der Waals surface area (Å²) in [6.07, 6.45) is 0.499. The fourth-order valence-electron chi connectivity index (χ4n) is 3.11. The number of urea groups is 1. The lowest BCUT2D eigenvalue weighted by atomic mass is 10.0. The molecule has 1 aromatic rings. The molecule has 1 fully saturated rings. The van der Waals surface area contributed by atoms with E-state index < -0.39 is 12.1 Å². The number of benzene rings is 1. The Morgan fingerprint density at radius 3 is 2.48 bits per heavy atom. The van der Waals surface area contributed by atoms with E-state index in [1.54, 1.807) is 23.8 Å². The van der Waals surface area contributed by atoms with Gasteiger partial charge in [0.2, 0.25) is 5.91 Å². The molecule has 0 aromatic heterocycles. The van der Waals surface area contributed by atoms with E-state index in [-0.39, 0.29) is 17.9 Å². The van der Waals surface area contributed by atoms with Gasteiger partial charge >= 0.3 is 6.03 Å². The van der Waals surface area contributed by atoms with E-state index in [9.17, 15) is 14.9 Å². The number of morpholine rings is 1. The van der Waals surface area contributed by atoms with Gasteiger partial charge in [0.05, 0.1) is 26.4 Å². The molecule has 31 heavy (non-hydrogen) atoms. The molecule has 1 saturated heterocycles. The van der Waals surface area contributed by atoms with E-state index in [1.165, 1.54) is 0 Å². The molecule has 2 rings (SSSR count). The molecule has 0 unspecified atom stereocenters. The highest BCUT2D eigenvalue weighted by atomic mass is 32.2. The second kappa shape index (κ2) is 13.1. The van der Waals surface area contributed by atoms with Crippen molar-refractivity contribution >= 4 is 23.7 Å². The van der Waals surface area contributed by atoms with E-state index in [1.807, 2.05) is 38.1 Å². The SMILES string of the molecule is COc1ccc(CSC[C@@H](C#N)NC(=O)[C@H](CC(C)C)NC(=O)N2CCOCC2)cc1. The number of nitrogens with zero attached hydrogens (tertiary/aromatic N) is 2. The Morgan fingerprint density at radius 2 is 1.90 bits per heavy atom. The molecule has 2 N–H and O–H groups in total. The fourth-order valence-corrected chi connectivity index (χ4v) is 4.05. The molecular formula is C22H32N4O4S. The Labute approximate surface area is 188 Å². The van der Waals surface area contributed by atoms with Crippen LogP contribution in [0.2, 0.25) is 0 Å². The molecular weight excluding hydrogens is 416 g/mol. The summed E-state index contributed by atoms with van der Waals surface area (Å²) in [7, 11) is 1.62. The van der Waals surface area contributed by atoms with Gasteiger partial charge in [0.15, 0.2) is 0 Å². The summed E-state index contributed by atoms with van der Waals surface area (Å²) < 4.78 is 10.4. The first-order chi connectivity index (χ1) is 14.9. The van der Waals surface area contributed by atoms with Crippen molar-refractivity contribution < 1.29 is 19.1 Å². The van der Waals surface area contributed by atoms with E-state index >= 15 is 0 Å². The summed E-state index contributed by atoms with van der Waals surface area (Å²) in [6, 6.07) is 8.31. The van der Waals surface area contributed by atoms with Crippen LogP contribution in [-0.2, 0) is 15.3 Å². The smallest absolute Gasteiger partial charge is 0.318 e. The molecule has 170 valence electrons. The third-order valence-corrected chi connectivity index (χ3v) is 5.91. The summed E-state index contributed by atoms with van der Waals surface area (Å²) in [5.41, 5.74) is 1.12. The third-order valence-electron chi connectivity index (χ3n) is 4.80. The molecule has 3 amide bonds. The summed E-state index contributed by atoms with van der Waals surface area (Å²) >= 11 is 1.57. The number of thioether (sulfide) groups is 1. The predicted molar refractivity (Wildman–Crippen MR) is 121 cm³/mol. The maximum absolute atomic E-state index is 12.8. The van der Waals surface area contributed by atoms with Crippen molar-refractivity contribution in [1.82, 2.24) is 15.5 Å². The van der Waals surface area contributed by atoms with Crippen molar-refractivity contribution in [2.24, 2.45) is 5.92 Å². The van der Waals surface area contributed by atoms with Crippen LogP contribution in [0.15, 0.2) is 24.3 Å². The maximum atomic E-state index is 12.8. The van der Waals surface area contributed by atoms with Gasteiger partial charge in [0, 0.05) is 24.6 Å². The minimum absolute atomic E-state index is 0.214. The minimum Gasteiger partial charge on any atom is -0.497 e. The first-order valence-electron chi connectivity index (χ1n) is 10.5. The van der Waals surface area contributed by atoms with Crippen molar-refractivity contribution in [1.29, 1.82) is 5.26 Å². The van der Waals surface area contributed by atoms with Crippen molar-refractivity contribution in [3.63, 3.8) is 0 Å².